The molecule has 0 bridgehead atoms. The maximum Gasteiger partial charge on any atom is 0.387 e. The first-order valence-electron chi connectivity index (χ1n) is 16.3. The lowest BCUT2D eigenvalue weighted by Crippen LogP contribution is -2.51. The van der Waals surface area contributed by atoms with Crippen molar-refractivity contribution in [2.45, 2.75) is 30.9 Å². The molecule has 0 aliphatic carbocycles. The molecular formula is C33H39F2N9O5S. The van der Waals surface area contributed by atoms with Crippen LogP contribution in [0.15, 0.2) is 53.9 Å². The fourth-order valence-corrected chi connectivity index (χ4v) is 6.79. The minimum absolute atomic E-state index is 0.0116. The summed E-state index contributed by atoms with van der Waals surface area (Å²) >= 11 is 1.41. The van der Waals surface area contributed by atoms with Gasteiger partial charge in [-0.2, -0.15) is 19.0 Å². The second kappa shape index (κ2) is 15.9. The number of hydrogen-bond donors (Lipinski definition) is 1. The molecule has 0 unspecified atom stereocenters. The number of aromatic nitrogens is 5. The molecule has 2 aliphatic rings. The summed E-state index contributed by atoms with van der Waals surface area (Å²) in [5, 5.41) is 11.6. The van der Waals surface area contributed by atoms with E-state index in [4.69, 9.17) is 9.47 Å². The van der Waals surface area contributed by atoms with E-state index in [-0.39, 0.29) is 53.2 Å². The van der Waals surface area contributed by atoms with Crippen LogP contribution in [0, 0.1) is 5.92 Å². The van der Waals surface area contributed by atoms with Crippen LogP contribution in [0.1, 0.15) is 23.2 Å². The summed E-state index contributed by atoms with van der Waals surface area (Å²) < 4.78 is 39.6. The van der Waals surface area contributed by atoms with E-state index >= 15 is 0 Å². The molecule has 3 amide bonds. The molecule has 1 aromatic carbocycles. The van der Waals surface area contributed by atoms with Crippen molar-refractivity contribution in [2.24, 2.45) is 5.92 Å². The Morgan fingerprint density at radius 1 is 1.06 bits per heavy atom. The van der Waals surface area contributed by atoms with Crippen molar-refractivity contribution in [3.63, 3.8) is 0 Å². The zero-order chi connectivity index (χ0) is 35.2. The van der Waals surface area contributed by atoms with Gasteiger partial charge in [0.05, 0.1) is 11.9 Å². The van der Waals surface area contributed by atoms with E-state index < -0.39 is 12.5 Å². The average molecular weight is 712 g/mol. The first-order valence-corrected chi connectivity index (χ1v) is 17.5. The molecule has 0 saturated carbocycles. The van der Waals surface area contributed by atoms with Gasteiger partial charge in [-0.1, -0.05) is 0 Å². The number of fused-ring (bicyclic) bond motifs is 1. The first-order chi connectivity index (χ1) is 24.2. The van der Waals surface area contributed by atoms with Crippen molar-refractivity contribution >= 4 is 40.8 Å². The van der Waals surface area contributed by atoms with E-state index in [0.29, 0.717) is 37.7 Å². The van der Waals surface area contributed by atoms with Gasteiger partial charge in [0.1, 0.15) is 30.2 Å². The number of alkyl halides is 2. The number of carbonyl (C=O) groups is 3. The summed E-state index contributed by atoms with van der Waals surface area (Å²) in [6, 6.07) is 6.43. The molecule has 2 aliphatic heterocycles. The Balaban J connectivity index is 1.15. The normalized spacial score (nSPS) is 15.9. The first kappa shape index (κ1) is 35.2. The van der Waals surface area contributed by atoms with Crippen LogP contribution in [0.5, 0.6) is 5.75 Å². The number of methoxy groups -OCH3 is 1. The number of carbonyl (C=O) groups excluding carboxylic acids is 3. The van der Waals surface area contributed by atoms with E-state index in [1.807, 2.05) is 16.1 Å². The number of piperazine rings is 1. The summed E-state index contributed by atoms with van der Waals surface area (Å²) in [6.07, 6.45) is 9.66. The molecule has 6 rings (SSSR count). The van der Waals surface area contributed by atoms with Crippen molar-refractivity contribution in [3.8, 4) is 17.0 Å². The lowest BCUT2D eigenvalue weighted by atomic mass is 9.96. The number of nitrogens with zero attached hydrogens (tertiary/aromatic N) is 8. The lowest BCUT2D eigenvalue weighted by Gasteiger charge is -2.38. The summed E-state index contributed by atoms with van der Waals surface area (Å²) in [7, 11) is 1.52. The minimum Gasteiger partial charge on any atom is -0.434 e. The van der Waals surface area contributed by atoms with Crippen LogP contribution < -0.4 is 10.1 Å². The highest BCUT2D eigenvalue weighted by Crippen LogP contribution is 2.38. The van der Waals surface area contributed by atoms with Crippen molar-refractivity contribution in [1.29, 1.82) is 0 Å². The quantitative estimate of drug-likeness (QED) is 0.218. The number of piperidine rings is 1. The monoisotopic (exact) mass is 711 g/mol. The van der Waals surface area contributed by atoms with Crippen molar-refractivity contribution in [3.05, 3.63) is 54.6 Å². The van der Waals surface area contributed by atoms with Gasteiger partial charge in [-0.25, -0.2) is 9.50 Å². The van der Waals surface area contributed by atoms with Gasteiger partial charge in [-0.3, -0.25) is 24.0 Å². The maximum absolute atomic E-state index is 13.5. The number of halogens is 2. The second-order valence-electron chi connectivity index (χ2n) is 12.2. The van der Waals surface area contributed by atoms with Gasteiger partial charge in [-0.05, 0) is 49.3 Å². The molecule has 3 aromatic heterocycles. The largest absolute Gasteiger partial charge is 0.434 e. The van der Waals surface area contributed by atoms with Gasteiger partial charge in [0.15, 0.2) is 5.65 Å². The number of hydrogen-bond acceptors (Lipinski definition) is 10. The molecule has 50 heavy (non-hydrogen) atoms. The number of benzene rings is 1. The molecule has 2 fully saturated rings. The standard InChI is InChI=1S/C33H39F2N9O5S/c1-48-21-29(46)42-14-12-40(13-15-42)18-22-6-10-41(11-7-22)28(45)20-43-19-26(38-32(47)25-17-37-44-9-3-8-36-31(25)44)30(39-43)24-16-23(50-2)4-5-27(24)49-33(34)35/h3-5,8-9,16-17,19,22,33H,6-7,10-15,18,20-21H2,1-2H3,(H,38,47). The highest BCUT2D eigenvalue weighted by atomic mass is 32.2. The Morgan fingerprint density at radius 3 is 2.54 bits per heavy atom. The number of nitrogens with one attached hydrogen (secondary N) is 1. The predicted octanol–water partition coefficient (Wildman–Crippen LogP) is 3.20. The third kappa shape index (κ3) is 8.22. The summed E-state index contributed by atoms with van der Waals surface area (Å²) in [4.78, 5) is 50.1. The summed E-state index contributed by atoms with van der Waals surface area (Å²) in [5.41, 5.74) is 1.15. The number of amides is 3. The van der Waals surface area contributed by atoms with E-state index in [9.17, 15) is 23.2 Å². The fourth-order valence-electron chi connectivity index (χ4n) is 6.35. The Kier molecular flexibility index (Phi) is 11.2. The van der Waals surface area contributed by atoms with Crippen LogP contribution in [0.4, 0.5) is 14.5 Å². The van der Waals surface area contributed by atoms with Crippen molar-refractivity contribution < 1.29 is 32.6 Å². The Hall–Kier alpha value is -4.61. The van der Waals surface area contributed by atoms with Crippen LogP contribution in [0.25, 0.3) is 16.9 Å². The van der Waals surface area contributed by atoms with Crippen LogP contribution in [0.2, 0.25) is 0 Å². The molecule has 4 aromatic rings. The zero-order valence-corrected chi connectivity index (χ0v) is 28.7. The molecule has 266 valence electrons. The van der Waals surface area contributed by atoms with Crippen LogP contribution >= 0.6 is 11.8 Å². The predicted molar refractivity (Wildman–Crippen MR) is 181 cm³/mol. The smallest absolute Gasteiger partial charge is 0.387 e. The molecule has 1 N–H and O–H groups in total. The Labute approximate surface area is 291 Å². The molecular weight excluding hydrogens is 672 g/mol. The van der Waals surface area contributed by atoms with Crippen LogP contribution in [-0.2, 0) is 20.9 Å². The molecule has 5 heterocycles. The highest BCUT2D eigenvalue weighted by molar-refractivity contribution is 7.98. The average Bonchev–Trinajstić information content (AvgIpc) is 3.73. The van der Waals surface area contributed by atoms with Crippen molar-refractivity contribution in [1.82, 2.24) is 39.1 Å². The van der Waals surface area contributed by atoms with E-state index in [1.54, 1.807) is 30.6 Å². The lowest BCUT2D eigenvalue weighted by molar-refractivity contribution is -0.137. The second-order valence-corrected chi connectivity index (χ2v) is 13.0. The number of ether oxygens (including phenoxy) is 2. The van der Waals surface area contributed by atoms with Crippen molar-refractivity contribution in [2.75, 3.05) is 71.1 Å². The van der Waals surface area contributed by atoms with E-state index in [2.05, 4.69) is 25.4 Å². The molecule has 0 radical (unpaired) electrons. The SMILES string of the molecule is COCC(=O)N1CCN(CC2CCN(C(=O)Cn3cc(NC(=O)c4cnn5cccnc45)c(-c4cc(SC)ccc4OC(F)F)n3)CC2)CC1. The van der Waals surface area contributed by atoms with Gasteiger partial charge >= 0.3 is 6.61 Å². The maximum atomic E-state index is 13.5. The molecule has 2 saturated heterocycles. The number of rotatable bonds is 12. The summed E-state index contributed by atoms with van der Waals surface area (Å²) in [5.74, 6) is -0.350. The molecule has 0 atom stereocenters. The summed E-state index contributed by atoms with van der Waals surface area (Å²) in [6.45, 7) is 1.99. The Morgan fingerprint density at radius 2 is 1.82 bits per heavy atom. The third-order valence-electron chi connectivity index (χ3n) is 8.97. The van der Waals surface area contributed by atoms with Gasteiger partial charge in [0.2, 0.25) is 11.8 Å². The van der Waals surface area contributed by atoms with Crippen LogP contribution in [-0.4, -0.2) is 129 Å². The molecule has 14 nitrogen and oxygen atoms in total. The highest BCUT2D eigenvalue weighted by Gasteiger charge is 2.28. The fraction of sp³-hybridized carbons (Fsp3) is 0.455. The molecule has 0 spiro atoms. The minimum atomic E-state index is -3.09. The number of anilines is 1. The van der Waals surface area contributed by atoms with Gasteiger partial charge < -0.3 is 24.6 Å². The molecule has 17 heteroatoms. The zero-order valence-electron chi connectivity index (χ0n) is 27.8. The van der Waals surface area contributed by atoms with Gasteiger partial charge in [0.25, 0.3) is 5.91 Å². The van der Waals surface area contributed by atoms with Crippen LogP contribution in [0.3, 0.4) is 0 Å². The number of thioether (sulfide) groups is 1. The Bertz CT molecular complexity index is 1820. The van der Waals surface area contributed by atoms with E-state index in [1.165, 1.54) is 46.5 Å². The van der Waals surface area contributed by atoms with E-state index in [0.717, 1.165) is 37.4 Å². The third-order valence-corrected chi connectivity index (χ3v) is 9.69. The van der Waals surface area contributed by atoms with Gasteiger partial charge in [-0.15, -0.1) is 11.8 Å². The topological polar surface area (TPSA) is 139 Å². The number of likely N-dealkylation sites (tertiary alicyclic amines) is 1. The van der Waals surface area contributed by atoms with Gasteiger partial charge in [0, 0.05) is 82.0 Å².